The minimum atomic E-state index is -0.145. The Kier molecular flexibility index (Phi) is 11.7. The number of guanidine groups is 1. The summed E-state index contributed by atoms with van der Waals surface area (Å²) in [4.78, 5) is 16.4. The number of ether oxygens (including phenoxy) is 2. The lowest BCUT2D eigenvalue weighted by Gasteiger charge is -2.18. The zero-order chi connectivity index (χ0) is 21.1. The van der Waals surface area contributed by atoms with Crippen LogP contribution in [0.5, 0.6) is 11.5 Å². The molecule has 0 aliphatic rings. The van der Waals surface area contributed by atoms with Gasteiger partial charge in [0.2, 0.25) is 0 Å². The molecule has 0 saturated carbocycles. The first-order valence-electron chi connectivity index (χ1n) is 9.62. The lowest BCUT2D eigenvalue weighted by molar-refractivity contribution is 0.0954. The number of aliphatic imine (C=N–C) groups is 1. The molecule has 0 spiro atoms. The van der Waals surface area contributed by atoms with Crippen molar-refractivity contribution < 1.29 is 14.3 Å². The van der Waals surface area contributed by atoms with Crippen LogP contribution in [0.25, 0.3) is 0 Å². The Morgan fingerprint density at radius 1 is 1.03 bits per heavy atom. The van der Waals surface area contributed by atoms with E-state index in [4.69, 9.17) is 9.47 Å². The molecule has 0 heterocycles. The number of carbonyl (C=O) groups is 1. The first-order valence-corrected chi connectivity index (χ1v) is 9.62. The molecule has 1 amide bonds. The molecule has 30 heavy (non-hydrogen) atoms. The van der Waals surface area contributed by atoms with E-state index in [9.17, 15) is 4.79 Å². The molecule has 2 aromatic carbocycles. The third kappa shape index (κ3) is 8.89. The van der Waals surface area contributed by atoms with Crippen LogP contribution in [-0.2, 0) is 0 Å². The van der Waals surface area contributed by atoms with E-state index in [0.29, 0.717) is 36.9 Å². The summed E-state index contributed by atoms with van der Waals surface area (Å²) in [6.07, 6.45) is -0.0249. The molecule has 0 radical (unpaired) electrons. The number of aryl methyl sites for hydroxylation is 1. The Labute approximate surface area is 195 Å². The molecule has 7 nitrogen and oxygen atoms in total. The largest absolute Gasteiger partial charge is 0.497 e. The van der Waals surface area contributed by atoms with Crippen LogP contribution in [0.15, 0.2) is 53.5 Å². The van der Waals surface area contributed by atoms with Gasteiger partial charge in [0.25, 0.3) is 5.91 Å². The fourth-order valence-electron chi connectivity index (χ4n) is 2.65. The van der Waals surface area contributed by atoms with Crippen LogP contribution in [0.3, 0.4) is 0 Å². The second kappa shape index (κ2) is 13.7. The summed E-state index contributed by atoms with van der Waals surface area (Å²) in [6.45, 7) is 5.64. The number of halogens is 1. The lowest BCUT2D eigenvalue weighted by Crippen LogP contribution is -2.44. The molecule has 164 valence electrons. The Morgan fingerprint density at radius 3 is 2.43 bits per heavy atom. The molecule has 0 fully saturated rings. The summed E-state index contributed by atoms with van der Waals surface area (Å²) < 4.78 is 11.0. The van der Waals surface area contributed by atoms with Crippen molar-refractivity contribution in [1.82, 2.24) is 16.0 Å². The Balaban J connectivity index is 0.00000450. The van der Waals surface area contributed by atoms with Crippen molar-refractivity contribution in [3.05, 3.63) is 59.7 Å². The molecule has 1 unspecified atom stereocenters. The molecule has 0 bridgehead atoms. The fraction of sp³-hybridized carbons (Fsp3) is 0.364. The van der Waals surface area contributed by atoms with Crippen molar-refractivity contribution in [2.24, 2.45) is 4.99 Å². The molecule has 3 N–H and O–H groups in total. The van der Waals surface area contributed by atoms with Crippen LogP contribution in [-0.4, -0.2) is 51.8 Å². The molecule has 2 rings (SSSR count). The first-order chi connectivity index (χ1) is 14.0. The second-order valence-corrected chi connectivity index (χ2v) is 6.61. The van der Waals surface area contributed by atoms with Gasteiger partial charge in [-0.15, -0.1) is 24.0 Å². The van der Waals surface area contributed by atoms with Gasteiger partial charge in [-0.1, -0.05) is 18.2 Å². The highest BCUT2D eigenvalue weighted by Crippen LogP contribution is 2.14. The normalized spacial score (nSPS) is 11.7. The van der Waals surface area contributed by atoms with Gasteiger partial charge in [0.1, 0.15) is 17.6 Å². The van der Waals surface area contributed by atoms with Gasteiger partial charge in [-0.05, 0) is 49.7 Å². The van der Waals surface area contributed by atoms with Crippen molar-refractivity contribution >= 4 is 35.8 Å². The summed E-state index contributed by atoms with van der Waals surface area (Å²) in [6, 6.07) is 15.0. The quantitative estimate of drug-likeness (QED) is 0.203. The lowest BCUT2D eigenvalue weighted by atomic mass is 10.2. The number of nitrogens with zero attached hydrogens (tertiary/aromatic N) is 1. The van der Waals surface area contributed by atoms with Gasteiger partial charge >= 0.3 is 0 Å². The van der Waals surface area contributed by atoms with E-state index in [1.54, 1.807) is 38.4 Å². The van der Waals surface area contributed by atoms with Crippen molar-refractivity contribution in [1.29, 1.82) is 0 Å². The van der Waals surface area contributed by atoms with Gasteiger partial charge in [0, 0.05) is 25.7 Å². The summed E-state index contributed by atoms with van der Waals surface area (Å²) in [5.74, 6) is 2.01. The van der Waals surface area contributed by atoms with E-state index < -0.39 is 0 Å². The zero-order valence-electron chi connectivity index (χ0n) is 17.9. The SMILES string of the molecule is CN=C(NCCNC(=O)c1cccc(OC)c1)NCC(C)Oc1cccc(C)c1.I. The smallest absolute Gasteiger partial charge is 0.251 e. The number of amides is 1. The van der Waals surface area contributed by atoms with Crippen molar-refractivity contribution in [3.63, 3.8) is 0 Å². The minimum absolute atomic E-state index is 0. The number of hydrogen-bond donors (Lipinski definition) is 3. The van der Waals surface area contributed by atoms with Crippen LogP contribution < -0.4 is 25.4 Å². The fourth-order valence-corrected chi connectivity index (χ4v) is 2.65. The monoisotopic (exact) mass is 526 g/mol. The van der Waals surface area contributed by atoms with Crippen LogP contribution in [0.4, 0.5) is 0 Å². The Hall–Kier alpha value is -2.49. The van der Waals surface area contributed by atoms with Gasteiger partial charge in [0.15, 0.2) is 5.96 Å². The second-order valence-electron chi connectivity index (χ2n) is 6.61. The first kappa shape index (κ1) is 25.5. The zero-order valence-corrected chi connectivity index (χ0v) is 20.2. The van der Waals surface area contributed by atoms with Gasteiger partial charge in [-0.3, -0.25) is 9.79 Å². The van der Waals surface area contributed by atoms with Gasteiger partial charge < -0.3 is 25.4 Å². The summed E-state index contributed by atoms with van der Waals surface area (Å²) in [5, 5.41) is 9.26. The molecule has 0 aromatic heterocycles. The minimum Gasteiger partial charge on any atom is -0.497 e. The highest BCUT2D eigenvalue weighted by Gasteiger charge is 2.07. The molecule has 0 aliphatic carbocycles. The van der Waals surface area contributed by atoms with Crippen molar-refractivity contribution in [3.8, 4) is 11.5 Å². The number of methoxy groups -OCH3 is 1. The van der Waals surface area contributed by atoms with Gasteiger partial charge in [0.05, 0.1) is 13.7 Å². The summed E-state index contributed by atoms with van der Waals surface area (Å²) >= 11 is 0. The number of benzene rings is 2. The number of hydrogen-bond acceptors (Lipinski definition) is 4. The predicted octanol–water partition coefficient (Wildman–Crippen LogP) is 2.98. The van der Waals surface area contributed by atoms with Crippen LogP contribution in [0.2, 0.25) is 0 Å². The van der Waals surface area contributed by atoms with E-state index in [1.807, 2.05) is 38.1 Å². The van der Waals surface area contributed by atoms with Crippen LogP contribution >= 0.6 is 24.0 Å². The van der Waals surface area contributed by atoms with Crippen molar-refractivity contribution in [2.45, 2.75) is 20.0 Å². The number of carbonyl (C=O) groups excluding carboxylic acids is 1. The highest BCUT2D eigenvalue weighted by atomic mass is 127. The summed E-state index contributed by atoms with van der Waals surface area (Å²) in [5.41, 5.74) is 1.73. The Morgan fingerprint density at radius 2 is 1.73 bits per heavy atom. The topological polar surface area (TPSA) is 84.0 Å². The van der Waals surface area contributed by atoms with Crippen molar-refractivity contribution in [2.75, 3.05) is 33.8 Å². The average Bonchev–Trinajstić information content (AvgIpc) is 2.73. The van der Waals surface area contributed by atoms with E-state index in [2.05, 4.69) is 20.9 Å². The van der Waals surface area contributed by atoms with Gasteiger partial charge in [-0.25, -0.2) is 0 Å². The summed E-state index contributed by atoms with van der Waals surface area (Å²) in [7, 11) is 3.28. The predicted molar refractivity (Wildman–Crippen MR) is 131 cm³/mol. The number of nitrogens with one attached hydrogen (secondary N) is 3. The van der Waals surface area contributed by atoms with E-state index in [-0.39, 0.29) is 36.0 Å². The standard InChI is InChI=1S/C22H30N4O3.HI/c1-16-7-5-10-20(13-16)29-17(2)15-26-22(23-3)25-12-11-24-21(27)18-8-6-9-19(14-18)28-4;/h5-10,13-14,17H,11-12,15H2,1-4H3,(H,24,27)(H2,23,25,26);1H. The van der Waals surface area contributed by atoms with E-state index >= 15 is 0 Å². The van der Waals surface area contributed by atoms with Crippen LogP contribution in [0, 0.1) is 6.92 Å². The maximum Gasteiger partial charge on any atom is 0.251 e. The molecule has 2 aromatic rings. The van der Waals surface area contributed by atoms with E-state index in [0.717, 1.165) is 11.3 Å². The highest BCUT2D eigenvalue weighted by molar-refractivity contribution is 14.0. The van der Waals surface area contributed by atoms with Gasteiger partial charge in [-0.2, -0.15) is 0 Å². The maximum atomic E-state index is 12.2. The molecule has 8 heteroatoms. The molecular weight excluding hydrogens is 495 g/mol. The van der Waals surface area contributed by atoms with Crippen LogP contribution in [0.1, 0.15) is 22.8 Å². The van der Waals surface area contributed by atoms with E-state index in [1.165, 1.54) is 0 Å². The average molecular weight is 526 g/mol. The molecule has 0 saturated heterocycles. The third-order valence-electron chi connectivity index (χ3n) is 4.14. The molecular formula is C22H31IN4O3. The molecule has 0 aliphatic heterocycles. The maximum absolute atomic E-state index is 12.2. The molecule has 1 atom stereocenters. The Bertz CT molecular complexity index is 830. The third-order valence-corrected chi connectivity index (χ3v) is 4.14. The number of rotatable bonds is 9.